The van der Waals surface area contributed by atoms with Crippen LogP contribution >= 0.6 is 0 Å². The summed E-state index contributed by atoms with van der Waals surface area (Å²) in [6, 6.07) is 0. The molecule has 0 spiro atoms. The van der Waals surface area contributed by atoms with Crippen molar-refractivity contribution in [2.75, 3.05) is 0 Å². The Kier molecular flexibility index (Phi) is 4.41. The van der Waals surface area contributed by atoms with E-state index in [1.54, 1.807) is 6.92 Å². The van der Waals surface area contributed by atoms with E-state index in [1.807, 2.05) is 0 Å². The van der Waals surface area contributed by atoms with Crippen molar-refractivity contribution in [3.63, 3.8) is 0 Å². The van der Waals surface area contributed by atoms with Crippen LogP contribution in [0, 0.1) is 0 Å². The first kappa shape index (κ1) is 10.1. The van der Waals surface area contributed by atoms with Gasteiger partial charge in [-0.25, -0.2) is 9.18 Å². The van der Waals surface area contributed by atoms with Gasteiger partial charge in [0.15, 0.2) is 6.17 Å². The SMILES string of the molecule is CCCC(=O)OC(=O)C(C)F. The number of hydrogen-bond acceptors (Lipinski definition) is 3. The van der Waals surface area contributed by atoms with Crippen LogP contribution in [0.3, 0.4) is 0 Å². The second-order valence-electron chi connectivity index (χ2n) is 2.16. The van der Waals surface area contributed by atoms with Gasteiger partial charge in [0.25, 0.3) is 0 Å². The van der Waals surface area contributed by atoms with E-state index >= 15 is 0 Å². The maximum absolute atomic E-state index is 12.1. The standard InChI is InChI=1S/C7H11FO3/c1-3-4-6(9)11-7(10)5(2)8/h5H,3-4H2,1-2H3. The lowest BCUT2D eigenvalue weighted by atomic mass is 10.3. The molecule has 0 bridgehead atoms. The van der Waals surface area contributed by atoms with Gasteiger partial charge in [-0.1, -0.05) is 6.92 Å². The van der Waals surface area contributed by atoms with Gasteiger partial charge in [-0.3, -0.25) is 4.79 Å². The highest BCUT2D eigenvalue weighted by Crippen LogP contribution is 1.96. The molecule has 0 aromatic carbocycles. The Labute approximate surface area is 64.5 Å². The van der Waals surface area contributed by atoms with Crippen molar-refractivity contribution in [3.8, 4) is 0 Å². The van der Waals surface area contributed by atoms with Gasteiger partial charge in [0.05, 0.1) is 0 Å². The molecule has 0 aliphatic carbocycles. The van der Waals surface area contributed by atoms with E-state index in [9.17, 15) is 14.0 Å². The molecule has 64 valence electrons. The number of halogens is 1. The van der Waals surface area contributed by atoms with Gasteiger partial charge in [0.1, 0.15) is 0 Å². The Morgan fingerprint density at radius 2 is 2.09 bits per heavy atom. The molecule has 1 atom stereocenters. The van der Waals surface area contributed by atoms with Crippen molar-refractivity contribution >= 4 is 11.9 Å². The second kappa shape index (κ2) is 4.82. The molecule has 0 aliphatic rings. The zero-order chi connectivity index (χ0) is 8.85. The van der Waals surface area contributed by atoms with E-state index in [0.29, 0.717) is 6.42 Å². The zero-order valence-electron chi connectivity index (χ0n) is 6.59. The Morgan fingerprint density at radius 3 is 2.45 bits per heavy atom. The fourth-order valence-corrected chi connectivity index (χ4v) is 0.449. The van der Waals surface area contributed by atoms with E-state index in [1.165, 1.54) is 0 Å². The lowest BCUT2D eigenvalue weighted by Crippen LogP contribution is -2.19. The molecule has 0 heterocycles. The first-order valence-electron chi connectivity index (χ1n) is 3.46. The van der Waals surface area contributed by atoms with E-state index < -0.39 is 18.1 Å². The first-order valence-corrected chi connectivity index (χ1v) is 3.46. The van der Waals surface area contributed by atoms with Crippen LogP contribution in [0.25, 0.3) is 0 Å². The predicted molar refractivity (Wildman–Crippen MR) is 36.6 cm³/mol. The summed E-state index contributed by atoms with van der Waals surface area (Å²) >= 11 is 0. The molecule has 0 radical (unpaired) electrons. The minimum absolute atomic E-state index is 0.151. The van der Waals surface area contributed by atoms with Crippen LogP contribution in [-0.4, -0.2) is 18.1 Å². The summed E-state index contributed by atoms with van der Waals surface area (Å²) in [4.78, 5) is 21.0. The highest BCUT2D eigenvalue weighted by Gasteiger charge is 2.15. The molecule has 4 heteroatoms. The molecule has 3 nitrogen and oxygen atoms in total. The summed E-state index contributed by atoms with van der Waals surface area (Å²) < 4.78 is 16.2. The van der Waals surface area contributed by atoms with Gasteiger partial charge in [-0.2, -0.15) is 0 Å². The quantitative estimate of drug-likeness (QED) is 0.462. The number of carbonyl (C=O) groups is 2. The fourth-order valence-electron chi connectivity index (χ4n) is 0.449. The van der Waals surface area contributed by atoms with E-state index in [2.05, 4.69) is 4.74 Å². The van der Waals surface area contributed by atoms with Gasteiger partial charge in [-0.05, 0) is 13.3 Å². The fraction of sp³-hybridized carbons (Fsp3) is 0.714. The van der Waals surface area contributed by atoms with Crippen molar-refractivity contribution in [2.45, 2.75) is 32.9 Å². The summed E-state index contributed by atoms with van der Waals surface area (Å²) in [6.45, 7) is 2.80. The number of rotatable bonds is 3. The molecule has 0 aromatic heterocycles. The number of ether oxygens (including phenoxy) is 1. The summed E-state index contributed by atoms with van der Waals surface area (Å²) in [7, 11) is 0. The van der Waals surface area contributed by atoms with Crippen molar-refractivity contribution in [2.24, 2.45) is 0 Å². The van der Waals surface area contributed by atoms with Crippen LogP contribution in [0.4, 0.5) is 4.39 Å². The third kappa shape index (κ3) is 4.47. The van der Waals surface area contributed by atoms with E-state index in [4.69, 9.17) is 0 Å². The molecule has 0 fully saturated rings. The minimum Gasteiger partial charge on any atom is -0.391 e. The number of alkyl halides is 1. The molecular formula is C7H11FO3. The largest absolute Gasteiger partial charge is 0.391 e. The van der Waals surface area contributed by atoms with Crippen molar-refractivity contribution in [3.05, 3.63) is 0 Å². The molecule has 0 aromatic rings. The topological polar surface area (TPSA) is 43.4 Å². The van der Waals surface area contributed by atoms with Gasteiger partial charge in [0.2, 0.25) is 0 Å². The van der Waals surface area contributed by atoms with Crippen LogP contribution in [-0.2, 0) is 14.3 Å². The Bertz CT molecular complexity index is 154. The number of hydrogen-bond donors (Lipinski definition) is 0. The van der Waals surface area contributed by atoms with E-state index in [-0.39, 0.29) is 6.42 Å². The summed E-state index contributed by atoms with van der Waals surface area (Å²) in [5, 5.41) is 0. The average molecular weight is 162 g/mol. The van der Waals surface area contributed by atoms with Gasteiger partial charge >= 0.3 is 11.9 Å². The van der Waals surface area contributed by atoms with Crippen LogP contribution < -0.4 is 0 Å². The lowest BCUT2D eigenvalue weighted by Gasteiger charge is -2.00. The van der Waals surface area contributed by atoms with Crippen molar-refractivity contribution < 1.29 is 18.7 Å². The molecule has 0 aliphatic heterocycles. The Hall–Kier alpha value is -0.930. The number of carbonyl (C=O) groups excluding carboxylic acids is 2. The third-order valence-electron chi connectivity index (χ3n) is 0.993. The summed E-state index contributed by atoms with van der Waals surface area (Å²) in [5.41, 5.74) is 0. The smallest absolute Gasteiger partial charge is 0.348 e. The predicted octanol–water partition coefficient (Wildman–Crippen LogP) is 1.21. The average Bonchev–Trinajstić information content (AvgIpc) is 1.87. The normalized spacial score (nSPS) is 12.3. The molecule has 0 N–H and O–H groups in total. The zero-order valence-corrected chi connectivity index (χ0v) is 6.59. The third-order valence-corrected chi connectivity index (χ3v) is 0.993. The first-order chi connectivity index (χ1) is 5.07. The van der Waals surface area contributed by atoms with Gasteiger partial charge < -0.3 is 4.74 Å². The van der Waals surface area contributed by atoms with Crippen LogP contribution in [0.5, 0.6) is 0 Å². The molecule has 0 rings (SSSR count). The van der Waals surface area contributed by atoms with Gasteiger partial charge in [-0.15, -0.1) is 0 Å². The number of esters is 2. The minimum atomic E-state index is -1.73. The second-order valence-corrected chi connectivity index (χ2v) is 2.16. The Morgan fingerprint density at radius 1 is 1.55 bits per heavy atom. The van der Waals surface area contributed by atoms with Crippen molar-refractivity contribution in [1.82, 2.24) is 0 Å². The van der Waals surface area contributed by atoms with Crippen molar-refractivity contribution in [1.29, 1.82) is 0 Å². The molecule has 1 unspecified atom stereocenters. The summed E-state index contributed by atoms with van der Waals surface area (Å²) in [5.74, 6) is -1.77. The lowest BCUT2D eigenvalue weighted by molar-refractivity contribution is -0.162. The van der Waals surface area contributed by atoms with Crippen LogP contribution in [0.15, 0.2) is 0 Å². The highest BCUT2D eigenvalue weighted by molar-refractivity contribution is 5.87. The molecule has 0 saturated carbocycles. The molecule has 0 amide bonds. The highest BCUT2D eigenvalue weighted by atomic mass is 19.1. The van der Waals surface area contributed by atoms with Crippen LogP contribution in [0.1, 0.15) is 26.7 Å². The van der Waals surface area contributed by atoms with Gasteiger partial charge in [0, 0.05) is 6.42 Å². The molecule has 11 heavy (non-hydrogen) atoms. The maximum Gasteiger partial charge on any atom is 0.348 e. The van der Waals surface area contributed by atoms with Crippen LogP contribution in [0.2, 0.25) is 0 Å². The molecular weight excluding hydrogens is 151 g/mol. The maximum atomic E-state index is 12.1. The monoisotopic (exact) mass is 162 g/mol. The summed E-state index contributed by atoms with van der Waals surface area (Å²) in [6.07, 6.45) is -0.985. The molecule has 0 saturated heterocycles. The Balaban J connectivity index is 3.67. The van der Waals surface area contributed by atoms with E-state index in [0.717, 1.165) is 6.92 Å².